The topological polar surface area (TPSA) is 62.8 Å². The van der Waals surface area contributed by atoms with Gasteiger partial charge >= 0.3 is 6.03 Å². The van der Waals surface area contributed by atoms with Crippen molar-refractivity contribution in [3.05, 3.63) is 53.1 Å². The molecule has 2 aliphatic rings. The maximum atomic E-state index is 12.7. The molecule has 4 rings (SSSR count). The van der Waals surface area contributed by atoms with E-state index in [0.29, 0.717) is 6.04 Å². The fourth-order valence-electron chi connectivity index (χ4n) is 5.57. The number of ether oxygens (including phenoxy) is 2. The molecule has 172 valence electrons. The zero-order valence-corrected chi connectivity index (χ0v) is 19.8. The molecule has 0 aromatic heterocycles. The highest BCUT2D eigenvalue weighted by Gasteiger charge is 2.50. The fourth-order valence-corrected chi connectivity index (χ4v) is 5.57. The van der Waals surface area contributed by atoms with Gasteiger partial charge in [0.05, 0.1) is 14.2 Å². The van der Waals surface area contributed by atoms with E-state index in [-0.39, 0.29) is 17.5 Å². The molecule has 1 saturated carbocycles. The van der Waals surface area contributed by atoms with Crippen LogP contribution in [-0.4, -0.2) is 50.8 Å². The normalized spacial score (nSPS) is 25.2. The Balaban J connectivity index is 1.47. The highest BCUT2D eigenvalue weighted by Crippen LogP contribution is 2.49. The van der Waals surface area contributed by atoms with Crippen molar-refractivity contribution in [3.63, 3.8) is 0 Å². The molecule has 0 unspecified atom stereocenters. The number of rotatable bonds is 5. The van der Waals surface area contributed by atoms with Crippen molar-refractivity contribution in [1.82, 2.24) is 10.2 Å². The molecule has 0 radical (unpaired) electrons. The lowest BCUT2D eigenvalue weighted by atomic mass is 9.65. The van der Waals surface area contributed by atoms with Crippen LogP contribution in [0.3, 0.4) is 0 Å². The summed E-state index contributed by atoms with van der Waals surface area (Å²) >= 11 is 0. The Morgan fingerprint density at radius 1 is 1.03 bits per heavy atom. The number of likely N-dealkylation sites (tertiary alicyclic amines) is 1. The SMILES string of the molecule is COc1ccc([C@@]23CC[C@H](NC(=O)Nc4ccc(C)c(C)c4)C[C@H]2N(C)CC3)cc1OC. The van der Waals surface area contributed by atoms with E-state index >= 15 is 0 Å². The van der Waals surface area contributed by atoms with Crippen LogP contribution in [0.25, 0.3) is 0 Å². The van der Waals surface area contributed by atoms with Gasteiger partial charge in [0.15, 0.2) is 11.5 Å². The van der Waals surface area contributed by atoms with E-state index < -0.39 is 0 Å². The van der Waals surface area contributed by atoms with Crippen molar-refractivity contribution in [2.75, 3.05) is 33.1 Å². The highest BCUT2D eigenvalue weighted by atomic mass is 16.5. The Labute approximate surface area is 191 Å². The third-order valence-electron chi connectivity index (χ3n) is 7.59. The van der Waals surface area contributed by atoms with Gasteiger partial charge in [0, 0.05) is 23.2 Å². The summed E-state index contributed by atoms with van der Waals surface area (Å²) in [5.74, 6) is 1.54. The number of nitrogens with one attached hydrogen (secondary N) is 2. The van der Waals surface area contributed by atoms with Crippen LogP contribution in [-0.2, 0) is 5.41 Å². The van der Waals surface area contributed by atoms with Gasteiger partial charge in [-0.25, -0.2) is 4.79 Å². The molecule has 2 fully saturated rings. The second-order valence-electron chi connectivity index (χ2n) is 9.34. The van der Waals surface area contributed by atoms with Gasteiger partial charge in [0.2, 0.25) is 0 Å². The standard InChI is InChI=1S/C26H35N3O3/c1-17-6-8-20(14-18(17)2)27-25(30)28-21-10-11-26(12-13-29(3)24(26)16-21)19-7-9-22(31-4)23(15-19)32-5/h6-9,14-15,21,24H,10-13,16H2,1-5H3,(H2,27,28,30)/t21-,24+,26-/m0/s1. The Hall–Kier alpha value is -2.73. The predicted molar refractivity (Wildman–Crippen MR) is 128 cm³/mol. The smallest absolute Gasteiger partial charge is 0.319 e. The molecule has 2 aromatic rings. The Bertz CT molecular complexity index is 992. The van der Waals surface area contributed by atoms with Crippen LogP contribution in [0, 0.1) is 13.8 Å². The zero-order valence-electron chi connectivity index (χ0n) is 19.8. The number of methoxy groups -OCH3 is 2. The fraction of sp³-hybridized carbons (Fsp3) is 0.500. The summed E-state index contributed by atoms with van der Waals surface area (Å²) < 4.78 is 11.0. The number of fused-ring (bicyclic) bond motifs is 1. The number of likely N-dealkylation sites (N-methyl/N-ethyl adjacent to an activating group) is 1. The second-order valence-corrected chi connectivity index (χ2v) is 9.34. The molecule has 32 heavy (non-hydrogen) atoms. The van der Waals surface area contributed by atoms with E-state index in [1.54, 1.807) is 14.2 Å². The van der Waals surface area contributed by atoms with Crippen LogP contribution in [0.4, 0.5) is 10.5 Å². The van der Waals surface area contributed by atoms with Crippen LogP contribution in [0.5, 0.6) is 11.5 Å². The first kappa shape index (κ1) is 22.5. The van der Waals surface area contributed by atoms with Gasteiger partial charge in [0.1, 0.15) is 0 Å². The van der Waals surface area contributed by atoms with Gasteiger partial charge in [-0.2, -0.15) is 0 Å². The van der Waals surface area contributed by atoms with Crippen molar-refractivity contribution in [1.29, 1.82) is 0 Å². The summed E-state index contributed by atoms with van der Waals surface area (Å²) in [5.41, 5.74) is 4.62. The largest absolute Gasteiger partial charge is 0.493 e. The molecule has 6 nitrogen and oxygen atoms in total. The molecule has 1 heterocycles. The lowest BCUT2D eigenvalue weighted by Gasteiger charge is -2.45. The summed E-state index contributed by atoms with van der Waals surface area (Å²) in [5, 5.41) is 6.23. The van der Waals surface area contributed by atoms with Gasteiger partial charge in [0.25, 0.3) is 0 Å². The molecular weight excluding hydrogens is 402 g/mol. The van der Waals surface area contributed by atoms with Crippen molar-refractivity contribution in [3.8, 4) is 11.5 Å². The summed E-state index contributed by atoms with van der Waals surface area (Å²) in [6.45, 7) is 5.19. The van der Waals surface area contributed by atoms with Crippen molar-refractivity contribution in [2.45, 2.75) is 57.0 Å². The van der Waals surface area contributed by atoms with Crippen LogP contribution in [0.1, 0.15) is 42.4 Å². The van der Waals surface area contributed by atoms with Crippen molar-refractivity contribution in [2.24, 2.45) is 0 Å². The Morgan fingerprint density at radius 2 is 1.81 bits per heavy atom. The minimum Gasteiger partial charge on any atom is -0.493 e. The average Bonchev–Trinajstić information content (AvgIpc) is 3.13. The third kappa shape index (κ3) is 4.16. The number of anilines is 1. The minimum absolute atomic E-state index is 0.0804. The molecule has 6 heteroatoms. The molecule has 1 aliphatic carbocycles. The van der Waals surface area contributed by atoms with E-state index in [4.69, 9.17) is 9.47 Å². The molecule has 1 saturated heterocycles. The number of benzene rings is 2. The molecule has 3 atom stereocenters. The molecule has 0 spiro atoms. The van der Waals surface area contributed by atoms with Crippen molar-refractivity contribution >= 4 is 11.7 Å². The van der Waals surface area contributed by atoms with Gasteiger partial charge in [-0.05, 0) is 94.1 Å². The van der Waals surface area contributed by atoms with Crippen LogP contribution >= 0.6 is 0 Å². The van der Waals surface area contributed by atoms with E-state index in [1.807, 2.05) is 24.3 Å². The van der Waals surface area contributed by atoms with Gasteiger partial charge < -0.3 is 25.0 Å². The average molecular weight is 438 g/mol. The van der Waals surface area contributed by atoms with Crippen molar-refractivity contribution < 1.29 is 14.3 Å². The number of aryl methyl sites for hydroxylation is 2. The highest BCUT2D eigenvalue weighted by molar-refractivity contribution is 5.89. The summed E-state index contributed by atoms with van der Waals surface area (Å²) in [4.78, 5) is 15.1. The van der Waals surface area contributed by atoms with Crippen LogP contribution < -0.4 is 20.1 Å². The Kier molecular flexibility index (Phi) is 6.33. The number of carbonyl (C=O) groups excluding carboxylic acids is 1. The molecule has 2 amide bonds. The van der Waals surface area contributed by atoms with Crippen LogP contribution in [0.2, 0.25) is 0 Å². The second kappa shape index (κ2) is 9.02. The van der Waals surface area contributed by atoms with E-state index in [0.717, 1.165) is 49.4 Å². The van der Waals surface area contributed by atoms with E-state index in [9.17, 15) is 4.79 Å². The maximum Gasteiger partial charge on any atom is 0.319 e. The summed E-state index contributed by atoms with van der Waals surface area (Å²) in [6.07, 6.45) is 4.04. The van der Waals surface area contributed by atoms with E-state index in [2.05, 4.69) is 48.6 Å². The molecule has 0 bridgehead atoms. The van der Waals surface area contributed by atoms with Crippen LogP contribution in [0.15, 0.2) is 36.4 Å². The summed E-state index contributed by atoms with van der Waals surface area (Å²) in [7, 11) is 5.55. The number of nitrogens with zero attached hydrogens (tertiary/aromatic N) is 1. The number of carbonyl (C=O) groups is 1. The predicted octanol–water partition coefficient (Wildman–Crippen LogP) is 4.64. The van der Waals surface area contributed by atoms with Gasteiger partial charge in [-0.1, -0.05) is 12.1 Å². The molecule has 2 N–H and O–H groups in total. The lowest BCUT2D eigenvalue weighted by Crippen LogP contribution is -2.52. The number of urea groups is 1. The number of hydrogen-bond donors (Lipinski definition) is 2. The minimum atomic E-state index is -0.127. The number of amides is 2. The molecular formula is C26H35N3O3. The first-order chi connectivity index (χ1) is 15.4. The summed E-state index contributed by atoms with van der Waals surface area (Å²) in [6, 6.07) is 12.8. The zero-order chi connectivity index (χ0) is 22.9. The molecule has 1 aliphatic heterocycles. The first-order valence-electron chi connectivity index (χ1n) is 11.4. The third-order valence-corrected chi connectivity index (χ3v) is 7.59. The van der Waals surface area contributed by atoms with Gasteiger partial charge in [-0.3, -0.25) is 0 Å². The number of hydrogen-bond acceptors (Lipinski definition) is 4. The quantitative estimate of drug-likeness (QED) is 0.716. The molecule has 2 aromatic carbocycles. The monoisotopic (exact) mass is 437 g/mol. The van der Waals surface area contributed by atoms with E-state index in [1.165, 1.54) is 16.7 Å². The lowest BCUT2D eigenvalue weighted by molar-refractivity contribution is 0.156. The maximum absolute atomic E-state index is 12.7. The Morgan fingerprint density at radius 3 is 2.53 bits per heavy atom. The first-order valence-corrected chi connectivity index (χ1v) is 11.4. The van der Waals surface area contributed by atoms with Gasteiger partial charge in [-0.15, -0.1) is 0 Å².